The van der Waals surface area contributed by atoms with Gasteiger partial charge >= 0.3 is 6.09 Å². The number of ether oxygens (including phenoxy) is 1. The number of anilines is 2. The summed E-state index contributed by atoms with van der Waals surface area (Å²) in [7, 11) is 0. The van der Waals surface area contributed by atoms with Crippen LogP contribution in [0, 0.1) is 28.4 Å². The van der Waals surface area contributed by atoms with E-state index in [1.165, 1.54) is 55.6 Å². The molecule has 42 heavy (non-hydrogen) atoms. The molecule has 0 bridgehead atoms. The minimum atomic E-state index is -1.75. The molecule has 2 amide bonds. The number of nitrogens with zero attached hydrogens (tertiary/aromatic N) is 2. The summed E-state index contributed by atoms with van der Waals surface area (Å²) >= 11 is 12.2. The van der Waals surface area contributed by atoms with E-state index in [9.17, 15) is 14.9 Å². The maximum Gasteiger partial charge on any atom is 0.413 e. The van der Waals surface area contributed by atoms with Gasteiger partial charge < -0.3 is 10.1 Å². The van der Waals surface area contributed by atoms with Crippen molar-refractivity contribution in [3.05, 3.63) is 87.5 Å². The number of pyridine rings is 1. The molecule has 2 aromatic carbocycles. The van der Waals surface area contributed by atoms with Crippen LogP contribution >= 0.6 is 23.2 Å². The molecular weight excluding hydrogens is 587 g/mol. The van der Waals surface area contributed by atoms with Gasteiger partial charge in [0.15, 0.2) is 6.23 Å². The molecule has 0 saturated carbocycles. The molecule has 0 aliphatic carbocycles. The molecule has 12 heteroatoms. The highest BCUT2D eigenvalue weighted by molar-refractivity contribution is 6.31. The number of rotatable bonds is 6. The van der Waals surface area contributed by atoms with Crippen LogP contribution in [0.25, 0.3) is 0 Å². The van der Waals surface area contributed by atoms with Crippen molar-refractivity contribution in [3.63, 3.8) is 0 Å². The summed E-state index contributed by atoms with van der Waals surface area (Å²) in [6.45, 7) is 7.18. The summed E-state index contributed by atoms with van der Waals surface area (Å²) in [6.07, 6.45) is -0.578. The number of amides is 2. The fourth-order valence-electron chi connectivity index (χ4n) is 5.36. The average Bonchev–Trinajstić information content (AvgIpc) is 3.17. The number of hydrogen-bond donors (Lipinski definition) is 3. The lowest BCUT2D eigenvalue weighted by atomic mass is 9.63. The molecule has 0 unspecified atom stereocenters. The van der Waals surface area contributed by atoms with Crippen LogP contribution in [-0.2, 0) is 14.9 Å². The Morgan fingerprint density at radius 2 is 1.88 bits per heavy atom. The second-order valence-corrected chi connectivity index (χ2v) is 12.1. The Morgan fingerprint density at radius 1 is 1.14 bits per heavy atom. The van der Waals surface area contributed by atoms with Gasteiger partial charge in [0, 0.05) is 23.6 Å². The zero-order valence-corrected chi connectivity index (χ0v) is 24.8. The van der Waals surface area contributed by atoms with E-state index in [-0.39, 0.29) is 44.0 Å². The Bertz CT molecular complexity index is 1540. The van der Waals surface area contributed by atoms with Crippen molar-refractivity contribution in [3.8, 4) is 6.07 Å². The molecular formula is C30H29Cl2F2N5O3. The first-order chi connectivity index (χ1) is 19.7. The summed E-state index contributed by atoms with van der Waals surface area (Å²) in [5.41, 5.74) is -1.93. The molecule has 4 atom stereocenters. The molecule has 1 saturated heterocycles. The lowest BCUT2D eigenvalue weighted by Crippen LogP contribution is -2.44. The lowest BCUT2D eigenvalue weighted by Gasteiger charge is -2.37. The predicted molar refractivity (Wildman–Crippen MR) is 156 cm³/mol. The second kappa shape index (κ2) is 12.2. The van der Waals surface area contributed by atoms with Crippen molar-refractivity contribution in [2.75, 3.05) is 10.6 Å². The van der Waals surface area contributed by atoms with Crippen molar-refractivity contribution in [2.45, 2.75) is 57.7 Å². The first-order valence-electron chi connectivity index (χ1n) is 13.0. The van der Waals surface area contributed by atoms with E-state index in [1.54, 1.807) is 0 Å². The number of aromatic nitrogens is 1. The SMILES string of the molecule is CC(=O)Nc1ccc(NC(=O)O[C@H]2N[C@@H](CC(C)(C)C)[C@](C#N)(c3ccc(Cl)cc3F)[C@H]2c2cccc(Cl)c2F)cn1. The van der Waals surface area contributed by atoms with Gasteiger partial charge in [-0.15, -0.1) is 0 Å². The normalized spacial score (nSPS) is 21.8. The molecule has 220 valence electrons. The van der Waals surface area contributed by atoms with E-state index in [4.69, 9.17) is 27.9 Å². The number of halogens is 4. The van der Waals surface area contributed by atoms with Gasteiger partial charge in [-0.25, -0.2) is 18.6 Å². The molecule has 3 N–H and O–H groups in total. The maximum atomic E-state index is 15.7. The minimum absolute atomic E-state index is 0.0233. The van der Waals surface area contributed by atoms with Crippen LogP contribution in [0.2, 0.25) is 10.0 Å². The molecule has 3 aromatic rings. The Kier molecular flexibility index (Phi) is 9.06. The molecule has 2 heterocycles. The molecule has 8 nitrogen and oxygen atoms in total. The molecule has 1 fully saturated rings. The third kappa shape index (κ3) is 6.49. The number of nitriles is 1. The molecule has 0 spiro atoms. The van der Waals surface area contributed by atoms with Gasteiger partial charge in [0.05, 0.1) is 28.9 Å². The average molecular weight is 616 g/mol. The highest BCUT2D eigenvalue weighted by Crippen LogP contribution is 2.53. The summed E-state index contributed by atoms with van der Waals surface area (Å²) in [5.74, 6) is -2.83. The van der Waals surface area contributed by atoms with E-state index < -0.39 is 41.3 Å². The molecule has 0 radical (unpaired) electrons. The summed E-state index contributed by atoms with van der Waals surface area (Å²) in [6, 6.07) is 12.7. The fourth-order valence-corrected chi connectivity index (χ4v) is 5.70. The van der Waals surface area contributed by atoms with Crippen LogP contribution < -0.4 is 16.0 Å². The molecule has 1 aliphatic heterocycles. The van der Waals surface area contributed by atoms with E-state index in [0.29, 0.717) is 6.42 Å². The smallest absolute Gasteiger partial charge is 0.413 e. The largest absolute Gasteiger partial charge is 0.429 e. The monoisotopic (exact) mass is 615 g/mol. The molecule has 4 rings (SSSR count). The van der Waals surface area contributed by atoms with E-state index in [1.807, 2.05) is 20.8 Å². The number of benzene rings is 2. The van der Waals surface area contributed by atoms with Crippen LogP contribution in [0.15, 0.2) is 54.7 Å². The topological polar surface area (TPSA) is 116 Å². The standard InChI is InChI=1S/C30H29Cl2F2N5O3/c1-16(40)37-24-11-9-18(14-36-24)38-28(41)42-27-25(19-6-5-7-21(32)26(19)34)30(15-35,23(39-27)13-29(2,3)4)20-10-8-17(31)12-22(20)33/h5-12,14,23,25,27,39H,13H2,1-4H3,(H,38,41)(H,36,37,40)/t23-,25-,27+,30-/m0/s1. The van der Waals surface area contributed by atoms with Crippen LogP contribution in [0.5, 0.6) is 0 Å². The first kappa shape index (κ1) is 31.2. The molecule has 1 aliphatic rings. The zero-order valence-electron chi connectivity index (χ0n) is 23.3. The van der Waals surface area contributed by atoms with Crippen LogP contribution in [-0.4, -0.2) is 29.3 Å². The Balaban J connectivity index is 1.80. The Labute approximate surface area is 252 Å². The van der Waals surface area contributed by atoms with Gasteiger partial charge in [-0.05, 0) is 47.7 Å². The number of nitrogens with one attached hydrogen (secondary N) is 3. The maximum absolute atomic E-state index is 15.7. The van der Waals surface area contributed by atoms with E-state index in [2.05, 4.69) is 27.0 Å². The Hall–Kier alpha value is -3.78. The van der Waals surface area contributed by atoms with Crippen molar-refractivity contribution in [1.29, 1.82) is 5.26 Å². The van der Waals surface area contributed by atoms with Crippen molar-refractivity contribution < 1.29 is 23.1 Å². The summed E-state index contributed by atoms with van der Waals surface area (Å²) < 4.78 is 37.1. The summed E-state index contributed by atoms with van der Waals surface area (Å²) in [5, 5.41) is 19.0. The summed E-state index contributed by atoms with van der Waals surface area (Å²) in [4.78, 5) is 28.4. The van der Waals surface area contributed by atoms with E-state index in [0.717, 1.165) is 6.07 Å². The van der Waals surface area contributed by atoms with Crippen LogP contribution in [0.3, 0.4) is 0 Å². The highest BCUT2D eigenvalue weighted by atomic mass is 35.5. The number of carbonyl (C=O) groups excluding carboxylic acids is 2. The third-order valence-corrected chi connectivity index (χ3v) is 7.48. The first-order valence-corrected chi connectivity index (χ1v) is 13.8. The zero-order chi connectivity index (χ0) is 30.8. The molecule has 1 aromatic heterocycles. The van der Waals surface area contributed by atoms with Gasteiger partial charge in [0.2, 0.25) is 5.91 Å². The van der Waals surface area contributed by atoms with Crippen LogP contribution in [0.1, 0.15) is 51.2 Å². The van der Waals surface area contributed by atoms with Gasteiger partial charge in [-0.3, -0.25) is 15.4 Å². The Morgan fingerprint density at radius 3 is 2.48 bits per heavy atom. The quantitative estimate of drug-likeness (QED) is 0.271. The van der Waals surface area contributed by atoms with Gasteiger partial charge in [0.1, 0.15) is 22.9 Å². The van der Waals surface area contributed by atoms with Crippen molar-refractivity contribution >= 4 is 46.7 Å². The van der Waals surface area contributed by atoms with Crippen molar-refractivity contribution in [1.82, 2.24) is 10.3 Å². The lowest BCUT2D eigenvalue weighted by molar-refractivity contribution is -0.114. The van der Waals surface area contributed by atoms with Crippen LogP contribution in [0.4, 0.5) is 25.1 Å². The van der Waals surface area contributed by atoms with Crippen molar-refractivity contribution in [2.24, 2.45) is 5.41 Å². The number of carbonyl (C=O) groups is 2. The highest BCUT2D eigenvalue weighted by Gasteiger charge is 2.61. The number of hydrogen-bond acceptors (Lipinski definition) is 6. The minimum Gasteiger partial charge on any atom is -0.429 e. The second-order valence-electron chi connectivity index (χ2n) is 11.3. The fraction of sp³-hybridized carbons (Fsp3) is 0.333. The van der Waals surface area contributed by atoms with Gasteiger partial charge in [-0.2, -0.15) is 5.26 Å². The predicted octanol–water partition coefficient (Wildman–Crippen LogP) is 7.15. The van der Waals surface area contributed by atoms with E-state index >= 15 is 8.78 Å². The van der Waals surface area contributed by atoms with Gasteiger partial charge in [0.25, 0.3) is 0 Å². The van der Waals surface area contributed by atoms with Gasteiger partial charge in [-0.1, -0.05) is 62.2 Å². The third-order valence-electron chi connectivity index (χ3n) is 6.95.